The van der Waals surface area contributed by atoms with Crippen LogP contribution in [-0.2, 0) is 11.3 Å². The average molecular weight is 414 g/mol. The van der Waals surface area contributed by atoms with E-state index in [-0.39, 0.29) is 42.0 Å². The average Bonchev–Trinajstić information content (AvgIpc) is 3.26. The van der Waals surface area contributed by atoms with Gasteiger partial charge in [-0.05, 0) is 37.8 Å². The summed E-state index contributed by atoms with van der Waals surface area (Å²) in [5, 5.41) is 10.3. The first kappa shape index (κ1) is 21.3. The maximum atomic E-state index is 13.2. The highest BCUT2D eigenvalue weighted by Gasteiger charge is 2.56. The number of pyridine rings is 1. The molecule has 164 valence electrons. The Morgan fingerprint density at radius 3 is 2.60 bits per heavy atom. The number of amides is 1. The molecule has 1 amide bonds. The van der Waals surface area contributed by atoms with Crippen LogP contribution in [0.15, 0.2) is 23.0 Å². The number of carbonyl (C=O) groups is 1. The van der Waals surface area contributed by atoms with Crippen LogP contribution in [0.1, 0.15) is 56.3 Å². The van der Waals surface area contributed by atoms with Gasteiger partial charge in [-0.15, -0.1) is 0 Å². The van der Waals surface area contributed by atoms with Gasteiger partial charge in [-0.25, -0.2) is 0 Å². The maximum absolute atomic E-state index is 13.2. The summed E-state index contributed by atoms with van der Waals surface area (Å²) < 4.78 is 1.89. The Balaban J connectivity index is 1.75. The van der Waals surface area contributed by atoms with E-state index in [2.05, 4.69) is 11.0 Å². The second kappa shape index (κ2) is 8.67. The maximum Gasteiger partial charge on any atom is 0.258 e. The third kappa shape index (κ3) is 3.54. The van der Waals surface area contributed by atoms with Crippen molar-refractivity contribution in [3.8, 4) is 0 Å². The molecule has 0 bridgehead atoms. The van der Waals surface area contributed by atoms with Crippen LogP contribution in [0.2, 0.25) is 0 Å². The van der Waals surface area contributed by atoms with Gasteiger partial charge < -0.3 is 14.6 Å². The normalized spacial score (nSPS) is 29.3. The molecule has 1 N–H and O–H groups in total. The van der Waals surface area contributed by atoms with Crippen LogP contribution in [-0.4, -0.2) is 58.7 Å². The molecule has 6 nitrogen and oxygen atoms in total. The summed E-state index contributed by atoms with van der Waals surface area (Å²) in [5.41, 5.74) is 1.73. The Kier molecular flexibility index (Phi) is 6.16. The van der Waals surface area contributed by atoms with Gasteiger partial charge in [-0.3, -0.25) is 14.5 Å². The standard InChI is InChI=1S/C24H35N3O3/c1-4-8-17-11-12-20-21-18(14-26(20)23(17)29)19(15-28)22(24(30)25(2)3)27(21)13-16-9-6-5-7-10-16/h4,8,11-12,16,18-19,21-22,28H,5-7,9-10,13-15H2,1-3H3/b8-4-/t18-,19-,21+,22-/m0/s1. The first-order valence-electron chi connectivity index (χ1n) is 11.4. The molecule has 2 fully saturated rings. The van der Waals surface area contributed by atoms with Crippen molar-refractivity contribution in [3.05, 3.63) is 39.8 Å². The molecule has 1 aliphatic carbocycles. The summed E-state index contributed by atoms with van der Waals surface area (Å²) in [6.07, 6.45) is 9.95. The Morgan fingerprint density at radius 1 is 1.23 bits per heavy atom. The van der Waals surface area contributed by atoms with Gasteiger partial charge in [-0.2, -0.15) is 0 Å². The van der Waals surface area contributed by atoms with Gasteiger partial charge in [0.2, 0.25) is 5.91 Å². The lowest BCUT2D eigenvalue weighted by Gasteiger charge is -2.36. The minimum absolute atomic E-state index is 0.0188. The van der Waals surface area contributed by atoms with Gasteiger partial charge >= 0.3 is 0 Å². The topological polar surface area (TPSA) is 65.8 Å². The van der Waals surface area contributed by atoms with Crippen molar-refractivity contribution in [3.63, 3.8) is 0 Å². The van der Waals surface area contributed by atoms with Crippen LogP contribution in [0.4, 0.5) is 0 Å². The molecule has 0 spiro atoms. The highest BCUT2D eigenvalue weighted by Crippen LogP contribution is 2.50. The number of hydrogen-bond acceptors (Lipinski definition) is 4. The second-order valence-electron chi connectivity index (χ2n) is 9.46. The van der Waals surface area contributed by atoms with Crippen molar-refractivity contribution >= 4 is 12.0 Å². The number of likely N-dealkylation sites (tertiary alicyclic amines) is 1. The molecule has 4 atom stereocenters. The largest absolute Gasteiger partial charge is 0.396 e. The van der Waals surface area contributed by atoms with E-state index < -0.39 is 0 Å². The van der Waals surface area contributed by atoms with Crippen molar-refractivity contribution in [1.29, 1.82) is 0 Å². The molecular weight excluding hydrogens is 378 g/mol. The van der Waals surface area contributed by atoms with Crippen LogP contribution in [0.5, 0.6) is 0 Å². The van der Waals surface area contributed by atoms with E-state index in [0.29, 0.717) is 18.0 Å². The van der Waals surface area contributed by atoms with Gasteiger partial charge in [0.1, 0.15) is 0 Å². The van der Waals surface area contributed by atoms with Crippen molar-refractivity contribution in [1.82, 2.24) is 14.4 Å². The van der Waals surface area contributed by atoms with Crippen molar-refractivity contribution in [2.24, 2.45) is 17.8 Å². The quantitative estimate of drug-likeness (QED) is 0.806. The van der Waals surface area contributed by atoms with Gasteiger partial charge in [0.15, 0.2) is 0 Å². The number of carbonyl (C=O) groups excluding carboxylic acids is 1. The number of hydrogen-bond donors (Lipinski definition) is 1. The predicted molar refractivity (Wildman–Crippen MR) is 118 cm³/mol. The molecule has 30 heavy (non-hydrogen) atoms. The number of fused-ring (bicyclic) bond motifs is 3. The van der Waals surface area contributed by atoms with Gasteiger partial charge in [0, 0.05) is 56.9 Å². The summed E-state index contributed by atoms with van der Waals surface area (Å²) in [4.78, 5) is 30.3. The fourth-order valence-electron chi connectivity index (χ4n) is 6.05. The van der Waals surface area contributed by atoms with Gasteiger partial charge in [0.05, 0.1) is 12.1 Å². The molecule has 0 aromatic carbocycles. The zero-order valence-electron chi connectivity index (χ0n) is 18.5. The third-order valence-corrected chi connectivity index (χ3v) is 7.45. The third-order valence-electron chi connectivity index (χ3n) is 7.45. The number of nitrogens with zero attached hydrogens (tertiary/aromatic N) is 3. The smallest absolute Gasteiger partial charge is 0.258 e. The lowest BCUT2D eigenvalue weighted by atomic mass is 9.88. The molecule has 1 saturated heterocycles. The van der Waals surface area contributed by atoms with E-state index in [1.807, 2.05) is 29.7 Å². The first-order chi connectivity index (χ1) is 14.5. The van der Waals surface area contributed by atoms with E-state index >= 15 is 0 Å². The van der Waals surface area contributed by atoms with E-state index in [1.54, 1.807) is 19.0 Å². The number of allylic oxidation sites excluding steroid dienone is 1. The van der Waals surface area contributed by atoms with Crippen LogP contribution in [0, 0.1) is 17.8 Å². The summed E-state index contributed by atoms with van der Waals surface area (Å²) in [6.45, 7) is 3.33. The van der Waals surface area contributed by atoms with Crippen LogP contribution in [0.3, 0.4) is 0 Å². The number of likely N-dealkylation sites (N-methyl/N-ethyl adjacent to an activating group) is 1. The second-order valence-corrected chi connectivity index (χ2v) is 9.46. The molecule has 3 aliphatic rings. The van der Waals surface area contributed by atoms with Crippen molar-refractivity contribution in [2.75, 3.05) is 27.2 Å². The lowest BCUT2D eigenvalue weighted by molar-refractivity contribution is -0.136. The summed E-state index contributed by atoms with van der Waals surface area (Å²) >= 11 is 0. The van der Waals surface area contributed by atoms with Gasteiger partial charge in [-0.1, -0.05) is 31.4 Å². The minimum Gasteiger partial charge on any atom is -0.396 e. The Hall–Kier alpha value is -1.92. The van der Waals surface area contributed by atoms with E-state index in [4.69, 9.17) is 0 Å². The van der Waals surface area contributed by atoms with E-state index in [0.717, 1.165) is 12.2 Å². The SMILES string of the molecule is C/C=C\c1ccc2n(c1=O)C[C@H]1[C@H](CO)[C@@H](C(=O)N(C)C)N(CC3CCCCC3)[C@@H]21. The monoisotopic (exact) mass is 413 g/mol. The van der Waals surface area contributed by atoms with Crippen LogP contribution in [0.25, 0.3) is 6.08 Å². The van der Waals surface area contributed by atoms with E-state index in [9.17, 15) is 14.7 Å². The van der Waals surface area contributed by atoms with E-state index in [1.165, 1.54) is 32.1 Å². The highest BCUT2D eigenvalue weighted by molar-refractivity contribution is 5.82. The molecule has 3 heterocycles. The predicted octanol–water partition coefficient (Wildman–Crippen LogP) is 2.51. The molecule has 4 rings (SSSR count). The summed E-state index contributed by atoms with van der Waals surface area (Å²) in [6, 6.07) is 3.67. The molecule has 1 saturated carbocycles. The fourth-order valence-corrected chi connectivity index (χ4v) is 6.05. The number of aliphatic hydroxyl groups excluding tert-OH is 1. The lowest BCUT2D eigenvalue weighted by Crippen LogP contribution is -2.49. The van der Waals surface area contributed by atoms with Gasteiger partial charge in [0.25, 0.3) is 5.56 Å². The molecular formula is C24H35N3O3. The van der Waals surface area contributed by atoms with Crippen LogP contribution >= 0.6 is 0 Å². The fraction of sp³-hybridized carbons (Fsp3) is 0.667. The van der Waals surface area contributed by atoms with Crippen LogP contribution < -0.4 is 5.56 Å². The number of aliphatic hydroxyl groups is 1. The zero-order valence-corrected chi connectivity index (χ0v) is 18.5. The summed E-state index contributed by atoms with van der Waals surface area (Å²) in [5.74, 6) is 0.579. The number of aromatic nitrogens is 1. The Labute approximate surface area is 179 Å². The zero-order chi connectivity index (χ0) is 21.4. The molecule has 0 radical (unpaired) electrons. The molecule has 1 aromatic rings. The first-order valence-corrected chi connectivity index (χ1v) is 11.4. The molecule has 6 heteroatoms. The molecule has 2 aliphatic heterocycles. The minimum atomic E-state index is -0.319. The molecule has 0 unspecified atom stereocenters. The summed E-state index contributed by atoms with van der Waals surface area (Å²) in [7, 11) is 3.59. The van der Waals surface area contributed by atoms with Crippen molar-refractivity contribution in [2.45, 2.75) is 57.7 Å². The highest BCUT2D eigenvalue weighted by atomic mass is 16.3. The van der Waals surface area contributed by atoms with Crippen molar-refractivity contribution < 1.29 is 9.90 Å². The Bertz CT molecular complexity index is 869. The number of rotatable bonds is 5. The Morgan fingerprint density at radius 2 is 1.97 bits per heavy atom. The molecule has 1 aromatic heterocycles.